The number of hydrogen-bond donors (Lipinski definition) is 1. The zero-order valence-corrected chi connectivity index (χ0v) is 11.8. The predicted molar refractivity (Wildman–Crippen MR) is 76.6 cm³/mol. The summed E-state index contributed by atoms with van der Waals surface area (Å²) in [5.41, 5.74) is 9.40. The van der Waals surface area contributed by atoms with Gasteiger partial charge in [-0.1, -0.05) is 35.4 Å². The summed E-state index contributed by atoms with van der Waals surface area (Å²) >= 11 is 0. The topological polar surface area (TPSA) is 116 Å². The fraction of sp³-hybridized carbons (Fsp3) is 0.429. The summed E-state index contributed by atoms with van der Waals surface area (Å²) in [6, 6.07) is 9.28. The van der Waals surface area contributed by atoms with Gasteiger partial charge in [0, 0.05) is 11.5 Å². The molecule has 2 atom stereocenters. The highest BCUT2D eigenvalue weighted by Gasteiger charge is 2.35. The summed E-state index contributed by atoms with van der Waals surface area (Å²) in [6.07, 6.45) is -1.53. The second kappa shape index (κ2) is 7.33. The van der Waals surface area contributed by atoms with Crippen molar-refractivity contribution in [1.29, 1.82) is 0 Å². The molecule has 1 aliphatic rings. The van der Waals surface area contributed by atoms with Gasteiger partial charge in [0.25, 0.3) is 0 Å². The van der Waals surface area contributed by atoms with Crippen LogP contribution in [0.5, 0.6) is 0 Å². The van der Waals surface area contributed by atoms with E-state index in [4.69, 9.17) is 15.4 Å². The molecule has 1 aliphatic heterocycles. The first kappa shape index (κ1) is 15.7. The molecule has 2 unspecified atom stereocenters. The Morgan fingerprint density at radius 2 is 2.14 bits per heavy atom. The van der Waals surface area contributed by atoms with Gasteiger partial charge in [0.15, 0.2) is 0 Å². The summed E-state index contributed by atoms with van der Waals surface area (Å²) in [6.45, 7) is 0.315. The van der Waals surface area contributed by atoms with Gasteiger partial charge in [0.1, 0.15) is 12.8 Å². The highest BCUT2D eigenvalue weighted by atomic mass is 16.5. The Bertz CT molecular complexity index is 586. The van der Waals surface area contributed by atoms with Crippen LogP contribution in [0.1, 0.15) is 18.4 Å². The second-order valence-electron chi connectivity index (χ2n) is 4.98. The average molecular weight is 304 g/mol. The van der Waals surface area contributed by atoms with E-state index in [1.165, 1.54) is 0 Å². The van der Waals surface area contributed by atoms with Gasteiger partial charge in [-0.15, -0.1) is 0 Å². The van der Waals surface area contributed by atoms with Crippen LogP contribution in [0, 0.1) is 5.92 Å². The number of esters is 1. The van der Waals surface area contributed by atoms with Crippen LogP contribution in [0.3, 0.4) is 0 Å². The van der Waals surface area contributed by atoms with E-state index in [2.05, 4.69) is 10.0 Å². The number of ether oxygens (including phenoxy) is 1. The van der Waals surface area contributed by atoms with E-state index >= 15 is 0 Å². The van der Waals surface area contributed by atoms with Crippen molar-refractivity contribution in [2.75, 3.05) is 6.54 Å². The smallest absolute Gasteiger partial charge is 0.407 e. The number of benzene rings is 1. The number of likely N-dealkylation sites (tertiary alicyclic amines) is 1. The number of carbonyl (C=O) groups is 2. The van der Waals surface area contributed by atoms with Gasteiger partial charge in [-0.25, -0.2) is 4.79 Å². The number of carbonyl (C=O) groups excluding carboxylic acids is 1. The first-order valence-electron chi connectivity index (χ1n) is 6.86. The van der Waals surface area contributed by atoms with Crippen molar-refractivity contribution in [3.63, 3.8) is 0 Å². The van der Waals surface area contributed by atoms with Crippen LogP contribution < -0.4 is 0 Å². The Kier molecular flexibility index (Phi) is 5.21. The van der Waals surface area contributed by atoms with E-state index in [1.807, 2.05) is 30.3 Å². The van der Waals surface area contributed by atoms with E-state index in [0.717, 1.165) is 10.5 Å². The molecule has 0 aromatic heterocycles. The summed E-state index contributed by atoms with van der Waals surface area (Å²) in [5, 5.41) is 12.5. The fourth-order valence-corrected chi connectivity index (χ4v) is 2.40. The lowest BCUT2D eigenvalue weighted by Gasteiger charge is -2.34. The molecular weight excluding hydrogens is 288 g/mol. The standard InChI is InChI=1S/C14H16N4O4/c15-17-16-12-8-11(6-7-18(12)14(20)21)13(19)22-9-10-4-2-1-3-5-10/h1-5,11-12H,6-9H2,(H,20,21). The molecule has 1 aromatic carbocycles. The third-order valence-corrected chi connectivity index (χ3v) is 3.56. The van der Waals surface area contributed by atoms with Gasteiger partial charge < -0.3 is 9.84 Å². The van der Waals surface area contributed by atoms with Crippen molar-refractivity contribution in [3.05, 3.63) is 46.3 Å². The van der Waals surface area contributed by atoms with E-state index < -0.39 is 24.1 Å². The molecule has 1 fully saturated rings. The first-order chi connectivity index (χ1) is 10.6. The highest BCUT2D eigenvalue weighted by molar-refractivity contribution is 5.73. The summed E-state index contributed by atoms with van der Waals surface area (Å²) in [5.74, 6) is -0.859. The number of hydrogen-bond acceptors (Lipinski definition) is 4. The molecule has 0 bridgehead atoms. The molecule has 2 rings (SSSR count). The Morgan fingerprint density at radius 3 is 2.77 bits per heavy atom. The van der Waals surface area contributed by atoms with Crippen molar-refractivity contribution in [1.82, 2.24) is 4.90 Å². The lowest BCUT2D eigenvalue weighted by molar-refractivity contribution is -0.152. The highest BCUT2D eigenvalue weighted by Crippen LogP contribution is 2.25. The molecule has 8 nitrogen and oxygen atoms in total. The molecule has 22 heavy (non-hydrogen) atoms. The summed E-state index contributed by atoms with van der Waals surface area (Å²) in [4.78, 5) is 26.8. The van der Waals surface area contributed by atoms with Crippen LogP contribution in [-0.2, 0) is 16.1 Å². The van der Waals surface area contributed by atoms with E-state index in [9.17, 15) is 9.59 Å². The van der Waals surface area contributed by atoms with Crippen molar-refractivity contribution >= 4 is 12.1 Å². The average Bonchev–Trinajstić information content (AvgIpc) is 2.53. The van der Waals surface area contributed by atoms with Crippen LogP contribution in [0.4, 0.5) is 4.79 Å². The number of amides is 1. The minimum atomic E-state index is -1.16. The van der Waals surface area contributed by atoms with Gasteiger partial charge in [0.2, 0.25) is 0 Å². The number of rotatable bonds is 4. The second-order valence-corrected chi connectivity index (χ2v) is 4.98. The maximum absolute atomic E-state index is 12.1. The lowest BCUT2D eigenvalue weighted by Crippen LogP contribution is -2.46. The summed E-state index contributed by atoms with van der Waals surface area (Å²) < 4.78 is 5.25. The normalized spacial score (nSPS) is 20.8. The Morgan fingerprint density at radius 1 is 1.41 bits per heavy atom. The molecule has 0 aliphatic carbocycles. The summed E-state index contributed by atoms with van der Waals surface area (Å²) in [7, 11) is 0. The Balaban J connectivity index is 1.93. The number of nitrogens with zero attached hydrogens (tertiary/aromatic N) is 4. The van der Waals surface area contributed by atoms with Crippen LogP contribution in [0.15, 0.2) is 35.4 Å². The molecule has 0 spiro atoms. The molecular formula is C14H16N4O4. The monoisotopic (exact) mass is 304 g/mol. The van der Waals surface area contributed by atoms with Crippen molar-refractivity contribution < 1.29 is 19.4 Å². The van der Waals surface area contributed by atoms with Crippen LogP contribution >= 0.6 is 0 Å². The largest absolute Gasteiger partial charge is 0.465 e. The van der Waals surface area contributed by atoms with Gasteiger partial charge in [0.05, 0.1) is 5.92 Å². The van der Waals surface area contributed by atoms with Crippen molar-refractivity contribution in [2.24, 2.45) is 11.0 Å². The predicted octanol–water partition coefficient (Wildman–Crippen LogP) is 2.76. The van der Waals surface area contributed by atoms with E-state index in [-0.39, 0.29) is 19.6 Å². The Labute approximate surface area is 126 Å². The number of piperidine rings is 1. The lowest BCUT2D eigenvalue weighted by atomic mass is 9.95. The SMILES string of the molecule is [N-]=[N+]=NC1CC(C(=O)OCc2ccccc2)CCN1C(=O)O. The minimum Gasteiger partial charge on any atom is -0.465 e. The molecule has 0 saturated carbocycles. The quantitative estimate of drug-likeness (QED) is 0.398. The molecule has 116 valence electrons. The van der Waals surface area contributed by atoms with Crippen molar-refractivity contribution in [3.8, 4) is 0 Å². The first-order valence-corrected chi connectivity index (χ1v) is 6.86. The molecule has 0 radical (unpaired) electrons. The van der Waals surface area contributed by atoms with Gasteiger partial charge >= 0.3 is 12.1 Å². The van der Waals surface area contributed by atoms with Crippen LogP contribution in [0.25, 0.3) is 10.4 Å². The van der Waals surface area contributed by atoms with Gasteiger partial charge in [-0.2, -0.15) is 0 Å². The maximum Gasteiger partial charge on any atom is 0.407 e. The Hall–Kier alpha value is -2.73. The van der Waals surface area contributed by atoms with Crippen molar-refractivity contribution in [2.45, 2.75) is 25.6 Å². The number of carboxylic acid groups (broad SMARTS) is 1. The maximum atomic E-state index is 12.1. The molecule has 1 N–H and O–H groups in total. The zero-order chi connectivity index (χ0) is 15.9. The van der Waals surface area contributed by atoms with E-state index in [1.54, 1.807) is 0 Å². The molecule has 1 amide bonds. The number of azide groups is 1. The van der Waals surface area contributed by atoms with Gasteiger partial charge in [-0.05, 0) is 23.9 Å². The molecule has 8 heteroatoms. The van der Waals surface area contributed by atoms with Gasteiger partial charge in [-0.3, -0.25) is 9.69 Å². The van der Waals surface area contributed by atoms with Crippen LogP contribution in [-0.4, -0.2) is 34.8 Å². The third kappa shape index (κ3) is 3.89. The van der Waals surface area contributed by atoms with E-state index in [0.29, 0.717) is 6.42 Å². The molecule has 1 heterocycles. The van der Waals surface area contributed by atoms with Crippen LogP contribution in [0.2, 0.25) is 0 Å². The molecule has 1 saturated heterocycles. The minimum absolute atomic E-state index is 0.143. The third-order valence-electron chi connectivity index (χ3n) is 3.56. The fourth-order valence-electron chi connectivity index (χ4n) is 2.40. The zero-order valence-electron chi connectivity index (χ0n) is 11.8. The molecule has 1 aromatic rings.